The number of aromatic nitrogens is 6. The van der Waals surface area contributed by atoms with E-state index in [-0.39, 0.29) is 17.8 Å². The molecule has 0 aliphatic rings. The zero-order valence-corrected chi connectivity index (χ0v) is 13.8. The highest BCUT2D eigenvalue weighted by molar-refractivity contribution is 5.92. The molecule has 27 heavy (non-hydrogen) atoms. The summed E-state index contributed by atoms with van der Waals surface area (Å²) < 4.78 is 52.8. The number of carbonyl (C=O) groups is 1. The number of hydrogen-bond acceptors (Lipinski definition) is 5. The molecule has 142 valence electrons. The van der Waals surface area contributed by atoms with Crippen LogP contribution in [0.4, 0.5) is 17.6 Å². The van der Waals surface area contributed by atoms with Gasteiger partial charge in [-0.15, -0.1) is 5.10 Å². The summed E-state index contributed by atoms with van der Waals surface area (Å²) in [4.78, 5) is 16.1. The van der Waals surface area contributed by atoms with Crippen LogP contribution >= 0.6 is 0 Å². The fraction of sp³-hybridized carbons (Fsp3) is 0.267. The van der Waals surface area contributed by atoms with Gasteiger partial charge in [-0.25, -0.2) is 14.1 Å². The van der Waals surface area contributed by atoms with Crippen molar-refractivity contribution in [2.45, 2.75) is 25.7 Å². The van der Waals surface area contributed by atoms with Gasteiger partial charge < -0.3 is 5.32 Å². The summed E-state index contributed by atoms with van der Waals surface area (Å²) in [5.74, 6) is -1.45. The van der Waals surface area contributed by atoms with Crippen molar-refractivity contribution in [1.29, 1.82) is 0 Å². The largest absolute Gasteiger partial charge is 0.419 e. The Hall–Kier alpha value is -3.31. The molecule has 2 aromatic heterocycles. The molecule has 0 spiro atoms. The minimum atomic E-state index is -4.80. The third kappa shape index (κ3) is 4.27. The van der Waals surface area contributed by atoms with E-state index in [0.29, 0.717) is 11.9 Å². The van der Waals surface area contributed by atoms with E-state index >= 15 is 0 Å². The minimum absolute atomic E-state index is 0.0282. The molecule has 0 radical (unpaired) electrons. The van der Waals surface area contributed by atoms with Crippen molar-refractivity contribution in [1.82, 2.24) is 35.5 Å². The average molecular weight is 383 g/mol. The molecule has 2 heterocycles. The monoisotopic (exact) mass is 383 g/mol. The van der Waals surface area contributed by atoms with Crippen LogP contribution in [0.1, 0.15) is 40.4 Å². The van der Waals surface area contributed by atoms with E-state index in [0.717, 1.165) is 6.07 Å². The smallest absolute Gasteiger partial charge is 0.341 e. The first-order valence-corrected chi connectivity index (χ1v) is 7.66. The number of halogens is 4. The van der Waals surface area contributed by atoms with Gasteiger partial charge in [0.2, 0.25) is 0 Å². The Kier molecular flexibility index (Phi) is 4.88. The predicted molar refractivity (Wildman–Crippen MR) is 82.8 cm³/mol. The lowest BCUT2D eigenvalue weighted by Gasteiger charge is -2.10. The van der Waals surface area contributed by atoms with Crippen LogP contribution in [0.3, 0.4) is 0 Å². The van der Waals surface area contributed by atoms with Crippen molar-refractivity contribution in [3.63, 3.8) is 0 Å². The molecule has 1 atom stereocenters. The van der Waals surface area contributed by atoms with Crippen molar-refractivity contribution in [3.05, 3.63) is 59.2 Å². The molecule has 0 saturated carbocycles. The molecule has 0 bridgehead atoms. The van der Waals surface area contributed by atoms with Gasteiger partial charge in [-0.2, -0.15) is 18.3 Å². The van der Waals surface area contributed by atoms with Crippen molar-refractivity contribution in [2.24, 2.45) is 0 Å². The third-order valence-corrected chi connectivity index (χ3v) is 3.64. The summed E-state index contributed by atoms with van der Waals surface area (Å²) in [5, 5.41) is 16.3. The quantitative estimate of drug-likeness (QED) is 0.657. The number of rotatable bonds is 5. The maximum Gasteiger partial charge on any atom is 0.419 e. The number of amides is 1. The molecule has 0 saturated heterocycles. The number of H-pyrrole nitrogens is 1. The number of nitrogens with one attached hydrogen (secondary N) is 2. The summed E-state index contributed by atoms with van der Waals surface area (Å²) in [7, 11) is 0. The van der Waals surface area contributed by atoms with Crippen LogP contribution in [0.15, 0.2) is 30.7 Å². The summed E-state index contributed by atoms with van der Waals surface area (Å²) >= 11 is 0. The van der Waals surface area contributed by atoms with Crippen molar-refractivity contribution >= 4 is 5.91 Å². The van der Waals surface area contributed by atoms with E-state index in [1.165, 1.54) is 23.3 Å². The Morgan fingerprint density at radius 1 is 1.37 bits per heavy atom. The zero-order valence-electron chi connectivity index (χ0n) is 13.8. The van der Waals surface area contributed by atoms with Gasteiger partial charge in [-0.05, 0) is 24.6 Å². The molecule has 8 nitrogen and oxygen atoms in total. The predicted octanol–water partition coefficient (Wildman–Crippen LogP) is 2.09. The van der Waals surface area contributed by atoms with E-state index < -0.39 is 29.5 Å². The maximum absolute atomic E-state index is 13.3. The van der Waals surface area contributed by atoms with E-state index in [9.17, 15) is 22.4 Å². The first-order valence-electron chi connectivity index (χ1n) is 7.66. The standard InChI is InChI=1S/C15H13F4N7O/c1-8(13-20-7-21-24-13)22-14(27)12-6-26(25-23-12)5-9-2-3-11(16)10(4-9)15(17,18)19/h2-4,6-8H,5H2,1H3,(H,22,27)(H,20,21,24). The lowest BCUT2D eigenvalue weighted by molar-refractivity contribution is -0.140. The molecule has 1 aromatic carbocycles. The van der Waals surface area contributed by atoms with E-state index in [2.05, 4.69) is 30.8 Å². The molecule has 1 unspecified atom stereocenters. The van der Waals surface area contributed by atoms with Crippen molar-refractivity contribution in [2.75, 3.05) is 0 Å². The summed E-state index contributed by atoms with van der Waals surface area (Å²) in [5.41, 5.74) is -1.23. The van der Waals surface area contributed by atoms with Crippen LogP contribution in [0, 0.1) is 5.82 Å². The summed E-state index contributed by atoms with van der Waals surface area (Å²) in [6, 6.07) is 2.18. The van der Waals surface area contributed by atoms with Gasteiger partial charge in [0.15, 0.2) is 5.69 Å². The fourth-order valence-electron chi connectivity index (χ4n) is 2.32. The van der Waals surface area contributed by atoms with Crippen LogP contribution in [0.5, 0.6) is 0 Å². The van der Waals surface area contributed by atoms with E-state index in [1.54, 1.807) is 6.92 Å². The SMILES string of the molecule is CC(NC(=O)c1cn(Cc2ccc(F)c(C(F)(F)F)c2)nn1)c1ncn[nH]1. The van der Waals surface area contributed by atoms with E-state index in [4.69, 9.17) is 0 Å². The Morgan fingerprint density at radius 2 is 2.15 bits per heavy atom. The topological polar surface area (TPSA) is 101 Å². The molecular formula is C15H13F4N7O. The van der Waals surface area contributed by atoms with Crippen LogP contribution in [0.2, 0.25) is 0 Å². The number of carbonyl (C=O) groups excluding carboxylic acids is 1. The highest BCUT2D eigenvalue weighted by atomic mass is 19.4. The van der Waals surface area contributed by atoms with Gasteiger partial charge >= 0.3 is 6.18 Å². The van der Waals surface area contributed by atoms with Gasteiger partial charge in [0.1, 0.15) is 18.0 Å². The molecule has 0 aliphatic carbocycles. The first-order chi connectivity index (χ1) is 12.7. The van der Waals surface area contributed by atoms with Crippen molar-refractivity contribution < 1.29 is 22.4 Å². The maximum atomic E-state index is 13.3. The van der Waals surface area contributed by atoms with Crippen LogP contribution in [-0.2, 0) is 12.7 Å². The highest BCUT2D eigenvalue weighted by Crippen LogP contribution is 2.32. The second-order valence-corrected chi connectivity index (χ2v) is 5.68. The molecule has 3 rings (SSSR count). The number of nitrogens with zero attached hydrogens (tertiary/aromatic N) is 5. The van der Waals surface area contributed by atoms with Crippen LogP contribution in [-0.4, -0.2) is 36.1 Å². The zero-order chi connectivity index (χ0) is 19.6. The average Bonchev–Trinajstić information content (AvgIpc) is 3.27. The van der Waals surface area contributed by atoms with Gasteiger partial charge in [0.05, 0.1) is 24.3 Å². The second-order valence-electron chi connectivity index (χ2n) is 5.68. The lowest BCUT2D eigenvalue weighted by Crippen LogP contribution is -2.27. The van der Waals surface area contributed by atoms with Gasteiger partial charge in [-0.3, -0.25) is 9.89 Å². The molecule has 1 amide bonds. The molecule has 0 fully saturated rings. The molecular weight excluding hydrogens is 370 g/mol. The number of aromatic amines is 1. The Bertz CT molecular complexity index is 936. The van der Waals surface area contributed by atoms with Crippen LogP contribution < -0.4 is 5.32 Å². The molecule has 12 heteroatoms. The molecule has 0 aliphatic heterocycles. The van der Waals surface area contributed by atoms with Crippen molar-refractivity contribution in [3.8, 4) is 0 Å². The Balaban J connectivity index is 1.70. The number of hydrogen-bond donors (Lipinski definition) is 2. The van der Waals surface area contributed by atoms with Crippen LogP contribution in [0.25, 0.3) is 0 Å². The Morgan fingerprint density at radius 3 is 2.81 bits per heavy atom. The van der Waals surface area contributed by atoms with Gasteiger partial charge in [-0.1, -0.05) is 11.3 Å². The number of alkyl halides is 3. The fourth-order valence-corrected chi connectivity index (χ4v) is 2.32. The van der Waals surface area contributed by atoms with Gasteiger partial charge in [0.25, 0.3) is 5.91 Å². The highest BCUT2D eigenvalue weighted by Gasteiger charge is 2.34. The second kappa shape index (κ2) is 7.13. The summed E-state index contributed by atoms with van der Waals surface area (Å²) in [6.07, 6.45) is -2.23. The first kappa shape index (κ1) is 18.5. The normalized spacial score (nSPS) is 12.8. The number of benzene rings is 1. The van der Waals surface area contributed by atoms with Gasteiger partial charge in [0, 0.05) is 0 Å². The lowest BCUT2D eigenvalue weighted by atomic mass is 10.1. The minimum Gasteiger partial charge on any atom is -0.341 e. The molecule has 2 N–H and O–H groups in total. The summed E-state index contributed by atoms with van der Waals surface area (Å²) in [6.45, 7) is 1.57. The third-order valence-electron chi connectivity index (χ3n) is 3.64. The van der Waals surface area contributed by atoms with E-state index in [1.807, 2.05) is 0 Å². The Labute approximate surface area is 149 Å². The molecule has 3 aromatic rings.